The van der Waals surface area contributed by atoms with E-state index < -0.39 is 24.0 Å². The van der Waals surface area contributed by atoms with Crippen LogP contribution < -0.4 is 0 Å². The molecule has 1 unspecified atom stereocenters. The van der Waals surface area contributed by atoms with Crippen molar-refractivity contribution in [3.63, 3.8) is 0 Å². The third-order valence-electron chi connectivity index (χ3n) is 3.73. The standard InChI is InChI=1S/C17H15ClO4/c1-17(11-7-3-2-4-8-11)21-14(15(22-17)16(19)20)12-9-5-6-10-13(12)18/h2-10,14-15H,1H3,(H,19,20)/t14-,15+,17?/m0/s1. The van der Waals surface area contributed by atoms with E-state index in [4.69, 9.17) is 21.1 Å². The molecule has 2 aromatic carbocycles. The highest BCUT2D eigenvalue weighted by atomic mass is 35.5. The van der Waals surface area contributed by atoms with Crippen molar-refractivity contribution in [2.75, 3.05) is 0 Å². The number of ether oxygens (including phenoxy) is 2. The zero-order chi connectivity index (χ0) is 15.7. The Kier molecular flexibility index (Phi) is 3.91. The maximum Gasteiger partial charge on any atom is 0.336 e. The van der Waals surface area contributed by atoms with Gasteiger partial charge in [-0.3, -0.25) is 0 Å². The molecule has 22 heavy (non-hydrogen) atoms. The Morgan fingerprint density at radius 1 is 1.09 bits per heavy atom. The van der Waals surface area contributed by atoms with Crippen LogP contribution in [0.1, 0.15) is 24.2 Å². The van der Waals surface area contributed by atoms with E-state index in [1.54, 1.807) is 31.2 Å². The Labute approximate surface area is 133 Å². The molecule has 4 nitrogen and oxygen atoms in total. The molecule has 0 radical (unpaired) electrons. The van der Waals surface area contributed by atoms with Crippen LogP contribution in [-0.2, 0) is 20.1 Å². The van der Waals surface area contributed by atoms with Gasteiger partial charge in [-0.15, -0.1) is 0 Å². The van der Waals surface area contributed by atoms with E-state index in [1.807, 2.05) is 30.3 Å². The van der Waals surface area contributed by atoms with Gasteiger partial charge in [-0.05, 0) is 13.0 Å². The number of carboxylic acids is 1. The molecular weight excluding hydrogens is 304 g/mol. The second-order valence-electron chi connectivity index (χ2n) is 5.25. The first-order valence-corrected chi connectivity index (χ1v) is 7.27. The van der Waals surface area contributed by atoms with E-state index in [0.717, 1.165) is 5.56 Å². The highest BCUT2D eigenvalue weighted by Crippen LogP contribution is 2.45. The molecule has 0 aromatic heterocycles. The summed E-state index contributed by atoms with van der Waals surface area (Å²) in [5.41, 5.74) is 1.37. The number of rotatable bonds is 3. The molecule has 114 valence electrons. The fourth-order valence-electron chi connectivity index (χ4n) is 2.63. The van der Waals surface area contributed by atoms with Crippen molar-refractivity contribution >= 4 is 17.6 Å². The van der Waals surface area contributed by atoms with Crippen molar-refractivity contribution in [2.45, 2.75) is 24.9 Å². The molecule has 0 bridgehead atoms. The number of aliphatic carboxylic acids is 1. The lowest BCUT2D eigenvalue weighted by Crippen LogP contribution is -2.28. The number of halogens is 1. The van der Waals surface area contributed by atoms with Gasteiger partial charge >= 0.3 is 5.97 Å². The predicted molar refractivity (Wildman–Crippen MR) is 81.6 cm³/mol. The van der Waals surface area contributed by atoms with Crippen LogP contribution in [0.3, 0.4) is 0 Å². The highest BCUT2D eigenvalue weighted by molar-refractivity contribution is 6.31. The Hall–Kier alpha value is -1.88. The second kappa shape index (κ2) is 5.72. The van der Waals surface area contributed by atoms with E-state index in [2.05, 4.69) is 0 Å². The number of carboxylic acid groups (broad SMARTS) is 1. The topological polar surface area (TPSA) is 55.8 Å². The first-order chi connectivity index (χ1) is 10.5. The van der Waals surface area contributed by atoms with Crippen molar-refractivity contribution < 1.29 is 19.4 Å². The molecule has 1 aliphatic heterocycles. The summed E-state index contributed by atoms with van der Waals surface area (Å²) in [5.74, 6) is -2.21. The quantitative estimate of drug-likeness (QED) is 0.936. The van der Waals surface area contributed by atoms with Gasteiger partial charge in [0.15, 0.2) is 11.9 Å². The minimum atomic E-state index is -1.13. The number of benzene rings is 2. The zero-order valence-electron chi connectivity index (χ0n) is 11.9. The molecule has 1 N–H and O–H groups in total. The fourth-order valence-corrected chi connectivity index (χ4v) is 2.87. The Morgan fingerprint density at radius 2 is 1.73 bits per heavy atom. The van der Waals surface area contributed by atoms with E-state index in [0.29, 0.717) is 10.6 Å². The minimum absolute atomic E-state index is 0.458. The fraction of sp³-hybridized carbons (Fsp3) is 0.235. The smallest absolute Gasteiger partial charge is 0.336 e. The molecule has 2 aromatic rings. The Balaban J connectivity index is 2.01. The molecule has 0 saturated carbocycles. The maximum absolute atomic E-state index is 11.6. The monoisotopic (exact) mass is 318 g/mol. The van der Waals surface area contributed by atoms with Crippen LogP contribution in [0.2, 0.25) is 5.02 Å². The summed E-state index contributed by atoms with van der Waals surface area (Å²) in [5, 5.41) is 9.92. The molecule has 1 saturated heterocycles. The van der Waals surface area contributed by atoms with Crippen LogP contribution in [0.25, 0.3) is 0 Å². The summed E-state index contributed by atoms with van der Waals surface area (Å²) in [4.78, 5) is 11.6. The lowest BCUT2D eigenvalue weighted by atomic mass is 10.0. The van der Waals surface area contributed by atoms with Crippen molar-refractivity contribution in [3.8, 4) is 0 Å². The summed E-state index contributed by atoms with van der Waals surface area (Å²) in [7, 11) is 0. The third-order valence-corrected chi connectivity index (χ3v) is 4.08. The Bertz CT molecular complexity index is 688. The van der Waals surface area contributed by atoms with Gasteiger partial charge in [0.25, 0.3) is 0 Å². The molecule has 0 aliphatic carbocycles. The summed E-state index contributed by atoms with van der Waals surface area (Å²) in [6.45, 7) is 1.72. The average Bonchev–Trinajstić information content (AvgIpc) is 2.88. The maximum atomic E-state index is 11.6. The third kappa shape index (κ3) is 2.61. The van der Waals surface area contributed by atoms with E-state index in [1.165, 1.54) is 0 Å². The average molecular weight is 319 g/mol. The lowest BCUT2D eigenvalue weighted by Gasteiger charge is -2.23. The van der Waals surface area contributed by atoms with Gasteiger partial charge < -0.3 is 14.6 Å². The predicted octanol–water partition coefficient (Wildman–Crippen LogP) is 3.75. The highest BCUT2D eigenvalue weighted by Gasteiger charge is 2.50. The molecule has 5 heteroatoms. The van der Waals surface area contributed by atoms with Crippen LogP contribution in [0, 0.1) is 0 Å². The van der Waals surface area contributed by atoms with Gasteiger partial charge in [-0.2, -0.15) is 0 Å². The van der Waals surface area contributed by atoms with Gasteiger partial charge in [0.05, 0.1) is 0 Å². The molecule has 0 amide bonds. The molecule has 0 spiro atoms. The van der Waals surface area contributed by atoms with E-state index in [9.17, 15) is 9.90 Å². The summed E-state index contributed by atoms with van der Waals surface area (Å²) < 4.78 is 11.7. The molecule has 3 atom stereocenters. The van der Waals surface area contributed by atoms with Gasteiger partial charge in [0.1, 0.15) is 6.10 Å². The van der Waals surface area contributed by atoms with Crippen LogP contribution in [0.15, 0.2) is 54.6 Å². The van der Waals surface area contributed by atoms with Gasteiger partial charge in [0, 0.05) is 16.1 Å². The summed E-state index contributed by atoms with van der Waals surface area (Å²) in [6.07, 6.45) is -1.89. The Morgan fingerprint density at radius 3 is 2.36 bits per heavy atom. The molecule has 1 fully saturated rings. The van der Waals surface area contributed by atoms with Gasteiger partial charge in [-0.1, -0.05) is 60.1 Å². The van der Waals surface area contributed by atoms with E-state index >= 15 is 0 Å². The van der Waals surface area contributed by atoms with Crippen molar-refractivity contribution in [1.82, 2.24) is 0 Å². The van der Waals surface area contributed by atoms with Crippen LogP contribution in [0.5, 0.6) is 0 Å². The normalized spacial score (nSPS) is 27.7. The van der Waals surface area contributed by atoms with Crippen molar-refractivity contribution in [1.29, 1.82) is 0 Å². The lowest BCUT2D eigenvalue weighted by molar-refractivity contribution is -0.179. The summed E-state index contributed by atoms with van der Waals surface area (Å²) >= 11 is 6.18. The molecular formula is C17H15ClO4. The summed E-state index contributed by atoms with van der Waals surface area (Å²) in [6, 6.07) is 16.3. The second-order valence-corrected chi connectivity index (χ2v) is 5.66. The number of hydrogen-bond acceptors (Lipinski definition) is 3. The van der Waals surface area contributed by atoms with Gasteiger partial charge in [-0.25, -0.2) is 4.79 Å². The number of carbonyl (C=O) groups is 1. The van der Waals surface area contributed by atoms with Crippen LogP contribution >= 0.6 is 11.6 Å². The van der Waals surface area contributed by atoms with Crippen molar-refractivity contribution in [2.24, 2.45) is 0 Å². The zero-order valence-corrected chi connectivity index (χ0v) is 12.7. The molecule has 1 aliphatic rings. The largest absolute Gasteiger partial charge is 0.479 e. The number of hydrogen-bond donors (Lipinski definition) is 1. The van der Waals surface area contributed by atoms with E-state index in [-0.39, 0.29) is 0 Å². The molecule has 1 heterocycles. The van der Waals surface area contributed by atoms with Crippen LogP contribution in [0.4, 0.5) is 0 Å². The SMILES string of the molecule is CC1(c2ccccc2)O[C@@H](C(=O)O)[C@H](c2ccccc2Cl)O1. The van der Waals surface area contributed by atoms with Gasteiger partial charge in [0.2, 0.25) is 0 Å². The molecule has 3 rings (SSSR count). The minimum Gasteiger partial charge on any atom is -0.479 e. The first kappa shape index (κ1) is 15.0. The van der Waals surface area contributed by atoms with Crippen molar-refractivity contribution in [3.05, 3.63) is 70.7 Å². The first-order valence-electron chi connectivity index (χ1n) is 6.90. The van der Waals surface area contributed by atoms with Crippen LogP contribution in [-0.4, -0.2) is 17.2 Å².